The second kappa shape index (κ2) is 38.3. The number of allylic oxidation sites excluding steroid dienone is 5. The third kappa shape index (κ3) is 23.6. The molecule has 22 heteroatoms. The zero-order valence-corrected chi connectivity index (χ0v) is 51.5. The Labute approximate surface area is 498 Å². The van der Waals surface area contributed by atoms with Gasteiger partial charge in [0.05, 0.1) is 83.9 Å². The average Bonchev–Trinajstić information content (AvgIpc) is 2.35. The lowest BCUT2D eigenvalue weighted by Crippen LogP contribution is -2.61. The number of methoxy groups -OCH3 is 2. The molecule has 2 bridgehead atoms. The molecule has 1 aliphatic carbocycles. The Balaban J connectivity index is 1.46. The number of nitrogens with zero attached hydrogens (tertiary/aromatic N) is 1. The number of aliphatic hydroxyl groups is 4. The van der Waals surface area contributed by atoms with Crippen molar-refractivity contribution < 1.29 is 91.8 Å². The molecular weight excluding hydrogens is 1090 g/mol. The maximum Gasteiger partial charge on any atom is 0.407 e. The molecule has 3 aliphatic heterocycles. The number of carbonyl (C=O) groups excluding carboxylic acids is 5. The summed E-state index contributed by atoms with van der Waals surface area (Å²) in [6.07, 6.45) is 6.66. The van der Waals surface area contributed by atoms with Crippen molar-refractivity contribution in [2.24, 2.45) is 35.3 Å². The van der Waals surface area contributed by atoms with Gasteiger partial charge in [0.1, 0.15) is 30.5 Å². The van der Waals surface area contributed by atoms with Gasteiger partial charge in [-0.1, -0.05) is 64.2 Å². The number of esters is 1. The quantitative estimate of drug-likeness (QED) is 0.0365. The number of cyclic esters (lactones) is 1. The van der Waals surface area contributed by atoms with Crippen LogP contribution < -0.4 is 11.1 Å². The van der Waals surface area contributed by atoms with Crippen LogP contribution in [0.5, 0.6) is 0 Å². The summed E-state index contributed by atoms with van der Waals surface area (Å²) in [4.78, 5) is 70.8. The third-order valence-electron chi connectivity index (χ3n) is 16.6. The number of carbonyl (C=O) groups is 5. The van der Waals surface area contributed by atoms with Crippen LogP contribution in [-0.4, -0.2) is 215 Å². The summed E-state index contributed by atoms with van der Waals surface area (Å²) in [5.41, 5.74) is 8.10. The molecule has 16 atom stereocenters. The summed E-state index contributed by atoms with van der Waals surface area (Å²) in [6.45, 7) is 17.0. The molecular formula is C62H103N3O19. The molecule has 3 fully saturated rings. The van der Waals surface area contributed by atoms with Gasteiger partial charge in [-0.15, -0.1) is 0 Å². The van der Waals surface area contributed by atoms with Gasteiger partial charge < -0.3 is 83.7 Å². The highest BCUT2D eigenvalue weighted by Crippen LogP contribution is 2.37. The fraction of sp³-hybridized carbons (Fsp3) is 0.790. The maximum atomic E-state index is 14.6. The topological polar surface area (TPSA) is 300 Å². The Morgan fingerprint density at radius 1 is 0.762 bits per heavy atom. The van der Waals surface area contributed by atoms with E-state index in [1.165, 1.54) is 7.11 Å². The molecule has 0 aromatic rings. The number of Topliss-reactive ketones (excluding diaryl/α,β-unsaturated/α-hetero) is 2. The number of rotatable bonds is 22. The largest absolute Gasteiger partial charge is 0.459 e. The fourth-order valence-electron chi connectivity index (χ4n) is 11.4. The third-order valence-corrected chi connectivity index (χ3v) is 16.6. The molecule has 4 rings (SSSR count). The SMILES string of the molecule is CCOCCOCCOCCOCCOCCNC(=O)O[C@@H]1CC[C@@H](C[C@@H](N)[C@@H]2C[C@@H](O)[C@H](C)/C=C(\C)[C@@H](O)[C@@H](O)C(=O)[C@H](C)C[C@H](C)/C=C/C=C/C=C(\C)[C@@H](OC)C[C@@H]3CC[C@@H](C)[C@@](O)(O3)C(=O)C(=O)N3CCCC[C@H]3C(=O)O2)C[C@H]1OC. The second-order valence-electron chi connectivity index (χ2n) is 23.2. The Bertz CT molecular complexity index is 2120. The molecule has 1 saturated carbocycles. The van der Waals surface area contributed by atoms with E-state index in [2.05, 4.69) is 5.32 Å². The second-order valence-corrected chi connectivity index (χ2v) is 23.2. The van der Waals surface area contributed by atoms with Crippen molar-refractivity contribution in [2.45, 2.75) is 192 Å². The molecule has 7 N–H and O–H groups in total. The normalized spacial score (nSPS) is 34.7. The predicted molar refractivity (Wildman–Crippen MR) is 312 cm³/mol. The van der Waals surface area contributed by atoms with Crippen molar-refractivity contribution in [3.05, 3.63) is 47.6 Å². The summed E-state index contributed by atoms with van der Waals surface area (Å²) in [7, 11) is 3.09. The first kappa shape index (κ1) is 72.5. The van der Waals surface area contributed by atoms with E-state index in [-0.39, 0.29) is 62.8 Å². The Hall–Kier alpha value is -4.01. The van der Waals surface area contributed by atoms with Crippen LogP contribution in [-0.2, 0) is 66.5 Å². The minimum absolute atomic E-state index is 0.0292. The van der Waals surface area contributed by atoms with Crippen LogP contribution in [0.3, 0.4) is 0 Å². The molecule has 0 spiro atoms. The van der Waals surface area contributed by atoms with Crippen LogP contribution in [0.15, 0.2) is 47.6 Å². The summed E-state index contributed by atoms with van der Waals surface area (Å²) >= 11 is 0. The number of aliphatic hydroxyl groups excluding tert-OH is 3. The number of piperidine rings is 1. The van der Waals surface area contributed by atoms with Gasteiger partial charge in [-0.3, -0.25) is 14.4 Å². The summed E-state index contributed by atoms with van der Waals surface area (Å²) in [5.74, 6) is -8.34. The monoisotopic (exact) mass is 1190 g/mol. The van der Waals surface area contributed by atoms with Crippen LogP contribution in [0.2, 0.25) is 0 Å². The fourth-order valence-corrected chi connectivity index (χ4v) is 11.4. The van der Waals surface area contributed by atoms with Gasteiger partial charge in [0, 0.05) is 70.6 Å². The van der Waals surface area contributed by atoms with Crippen molar-refractivity contribution in [1.29, 1.82) is 0 Å². The molecule has 4 aliphatic rings. The maximum absolute atomic E-state index is 14.6. The van der Waals surface area contributed by atoms with Crippen LogP contribution in [0.4, 0.5) is 4.79 Å². The molecule has 0 aromatic heterocycles. The first-order valence-electron chi connectivity index (χ1n) is 30.5. The van der Waals surface area contributed by atoms with Crippen LogP contribution in [0.1, 0.15) is 126 Å². The van der Waals surface area contributed by atoms with E-state index in [4.69, 9.17) is 53.1 Å². The van der Waals surface area contributed by atoms with E-state index in [0.717, 1.165) is 10.5 Å². The Morgan fingerprint density at radius 2 is 1.42 bits per heavy atom. The lowest BCUT2D eigenvalue weighted by molar-refractivity contribution is -0.265. The van der Waals surface area contributed by atoms with Crippen molar-refractivity contribution in [2.75, 3.05) is 93.4 Å². The summed E-state index contributed by atoms with van der Waals surface area (Å²) in [6, 6.07) is -2.11. The lowest BCUT2D eigenvalue weighted by Gasteiger charge is -2.42. The number of nitrogens with one attached hydrogen (secondary N) is 1. The predicted octanol–water partition coefficient (Wildman–Crippen LogP) is 4.85. The number of hydrogen-bond acceptors (Lipinski definition) is 20. The number of ketones is 2. The van der Waals surface area contributed by atoms with Gasteiger partial charge >= 0.3 is 12.1 Å². The Kier molecular flexibility index (Phi) is 33.0. The van der Waals surface area contributed by atoms with Crippen molar-refractivity contribution in [1.82, 2.24) is 10.2 Å². The smallest absolute Gasteiger partial charge is 0.407 e. The van der Waals surface area contributed by atoms with Crippen molar-refractivity contribution in [3.63, 3.8) is 0 Å². The van der Waals surface area contributed by atoms with E-state index in [0.29, 0.717) is 111 Å². The lowest BCUT2D eigenvalue weighted by atomic mass is 9.80. The van der Waals surface area contributed by atoms with Gasteiger partial charge in [-0.25, -0.2) is 9.59 Å². The number of nitrogens with two attached hydrogens (primary N) is 1. The van der Waals surface area contributed by atoms with Gasteiger partial charge in [0.25, 0.3) is 11.7 Å². The summed E-state index contributed by atoms with van der Waals surface area (Å²) < 4.78 is 57.1. The van der Waals surface area contributed by atoms with Gasteiger partial charge in [-0.05, 0) is 108 Å². The molecule has 2 saturated heterocycles. The van der Waals surface area contributed by atoms with E-state index in [1.54, 1.807) is 40.9 Å². The molecule has 0 radical (unpaired) electrons. The number of amides is 2. The van der Waals surface area contributed by atoms with Crippen molar-refractivity contribution >= 4 is 29.5 Å². The highest BCUT2D eigenvalue weighted by atomic mass is 16.6. The average molecular weight is 1190 g/mol. The van der Waals surface area contributed by atoms with Gasteiger partial charge in [0.2, 0.25) is 5.79 Å². The molecule has 0 aromatic carbocycles. The highest BCUT2D eigenvalue weighted by molar-refractivity contribution is 6.39. The van der Waals surface area contributed by atoms with Crippen LogP contribution >= 0.6 is 0 Å². The zero-order chi connectivity index (χ0) is 61.8. The van der Waals surface area contributed by atoms with E-state index >= 15 is 0 Å². The van der Waals surface area contributed by atoms with E-state index in [1.807, 2.05) is 51.2 Å². The van der Waals surface area contributed by atoms with Gasteiger partial charge in [-0.2, -0.15) is 0 Å². The first-order valence-corrected chi connectivity index (χ1v) is 30.5. The Morgan fingerprint density at radius 3 is 2.06 bits per heavy atom. The van der Waals surface area contributed by atoms with Crippen LogP contribution in [0, 0.1) is 29.6 Å². The molecule has 480 valence electrons. The molecule has 84 heavy (non-hydrogen) atoms. The van der Waals surface area contributed by atoms with E-state index < -0.39 is 114 Å². The highest BCUT2D eigenvalue weighted by Gasteiger charge is 2.53. The van der Waals surface area contributed by atoms with Crippen LogP contribution in [0.25, 0.3) is 0 Å². The number of ether oxygens (including phenoxy) is 10. The minimum Gasteiger partial charge on any atom is -0.459 e. The molecule has 2 amide bonds. The molecule has 0 unspecified atom stereocenters. The number of alkyl carbamates (subject to hydrolysis) is 1. The minimum atomic E-state index is -2.48. The summed E-state index contributed by atoms with van der Waals surface area (Å²) in [5, 5.41) is 49.0. The standard InChI is InChI=1S/C62H103N3O19/c1-10-77-26-27-79-30-31-81-33-32-80-29-28-78-25-23-64-61(73)83-51-22-20-46(37-54(51)76-9)36-48(63)53-39-50(66)42(4)35-44(6)56(68)57(69)55(67)43(5)34-40(2)16-12-11-13-17-41(3)52(75-8)38-47-21-19-45(7)62(74,84-47)58(70)59(71)65-24-15-14-18-49(65)60(72)82-53/h11-13,16-17,35,40,42-43,45-54,56-57,66,68-69,74H,10,14-15,18-34,36-39,63H2,1-9H3,(H,64,73)/b13-11+,16-12+,41-17+,44-35+/t40-,42-,43-,45-,46+,47+,48-,49+,50-,51-,52+,53+,54-,56-,57+,62-/m1/s1. The van der Waals surface area contributed by atoms with Gasteiger partial charge in [0.15, 0.2) is 5.78 Å². The molecule has 3 heterocycles. The van der Waals surface area contributed by atoms with E-state index in [9.17, 15) is 44.4 Å². The zero-order valence-electron chi connectivity index (χ0n) is 51.5. The van der Waals surface area contributed by atoms with Crippen molar-refractivity contribution in [3.8, 4) is 0 Å². The molecule has 22 nitrogen and oxygen atoms in total. The number of fused-ring (bicyclic) bond motifs is 3. The first-order chi connectivity index (χ1) is 40.1. The number of hydrogen-bond donors (Lipinski definition) is 6.